The van der Waals surface area contributed by atoms with Crippen molar-refractivity contribution in [2.45, 2.75) is 13.0 Å². The van der Waals surface area contributed by atoms with E-state index in [1.807, 2.05) is 12.1 Å². The Balaban J connectivity index is 1.98. The van der Waals surface area contributed by atoms with Crippen molar-refractivity contribution >= 4 is 34.5 Å². The number of anilines is 1. The summed E-state index contributed by atoms with van der Waals surface area (Å²) in [5, 5.41) is 12.1. The predicted molar refractivity (Wildman–Crippen MR) is 75.1 cm³/mol. The van der Waals surface area contributed by atoms with Gasteiger partial charge in [0.15, 0.2) is 0 Å². The molecule has 1 saturated heterocycles. The Bertz CT molecular complexity index is 750. The van der Waals surface area contributed by atoms with Crippen molar-refractivity contribution in [3.8, 4) is 0 Å². The van der Waals surface area contributed by atoms with Gasteiger partial charge in [0.1, 0.15) is 6.54 Å². The summed E-state index contributed by atoms with van der Waals surface area (Å²) in [4.78, 5) is 35.3. The number of carbonyl (C=O) groups excluding carboxylic acids is 2. The van der Waals surface area contributed by atoms with Gasteiger partial charge in [-0.1, -0.05) is 6.07 Å². The molecule has 0 radical (unpaired) electrons. The first kappa shape index (κ1) is 13.2. The molecule has 1 aromatic heterocycles. The largest absolute Gasteiger partial charge is 0.480 e. The molecule has 0 unspecified atom stereocenters. The first-order chi connectivity index (χ1) is 10.0. The second-order valence-corrected chi connectivity index (χ2v) is 4.84. The van der Waals surface area contributed by atoms with Crippen molar-refractivity contribution in [2.75, 3.05) is 11.4 Å². The van der Waals surface area contributed by atoms with Crippen molar-refractivity contribution < 1.29 is 19.5 Å². The second kappa shape index (κ2) is 4.93. The van der Waals surface area contributed by atoms with Crippen LogP contribution < -0.4 is 10.2 Å². The van der Waals surface area contributed by atoms with Crippen LogP contribution in [0.5, 0.6) is 0 Å². The van der Waals surface area contributed by atoms with Crippen molar-refractivity contribution in [1.82, 2.24) is 9.88 Å². The fourth-order valence-corrected chi connectivity index (χ4v) is 2.43. The highest BCUT2D eigenvalue weighted by atomic mass is 16.4. The van der Waals surface area contributed by atoms with Crippen LogP contribution in [0.25, 0.3) is 10.9 Å². The number of carboxylic acids is 1. The van der Waals surface area contributed by atoms with Crippen LogP contribution in [0.1, 0.15) is 6.42 Å². The molecule has 0 saturated carbocycles. The fourth-order valence-electron chi connectivity index (χ4n) is 2.43. The number of amides is 3. The van der Waals surface area contributed by atoms with Crippen LogP contribution in [0.4, 0.5) is 10.5 Å². The number of rotatable bonds is 3. The molecule has 2 heterocycles. The minimum atomic E-state index is -0.931. The number of carbonyl (C=O) groups is 3. The van der Waals surface area contributed by atoms with Crippen molar-refractivity contribution in [1.29, 1.82) is 0 Å². The molecule has 7 heteroatoms. The van der Waals surface area contributed by atoms with Gasteiger partial charge in [0, 0.05) is 24.8 Å². The summed E-state index contributed by atoms with van der Waals surface area (Å²) in [6.07, 6.45) is 1.95. The van der Waals surface area contributed by atoms with E-state index >= 15 is 0 Å². The molecule has 108 valence electrons. The molecule has 2 N–H and O–H groups in total. The molecule has 1 aliphatic rings. The molecule has 1 aliphatic heterocycles. The van der Waals surface area contributed by atoms with E-state index in [2.05, 4.69) is 5.32 Å². The third-order valence-electron chi connectivity index (χ3n) is 3.43. The summed E-state index contributed by atoms with van der Waals surface area (Å²) in [7, 11) is 0. The lowest BCUT2D eigenvalue weighted by atomic mass is 10.2. The van der Waals surface area contributed by atoms with Gasteiger partial charge in [0.05, 0.1) is 5.52 Å². The fraction of sp³-hybridized carbons (Fsp3) is 0.214. The van der Waals surface area contributed by atoms with E-state index in [9.17, 15) is 14.4 Å². The number of urea groups is 1. The van der Waals surface area contributed by atoms with Gasteiger partial charge in [-0.3, -0.25) is 19.8 Å². The zero-order chi connectivity index (χ0) is 15.0. The molecule has 21 heavy (non-hydrogen) atoms. The molecule has 0 atom stereocenters. The minimum Gasteiger partial charge on any atom is -0.480 e. The van der Waals surface area contributed by atoms with Crippen LogP contribution >= 0.6 is 0 Å². The third-order valence-corrected chi connectivity index (χ3v) is 3.43. The van der Waals surface area contributed by atoms with Gasteiger partial charge in [-0.2, -0.15) is 0 Å². The Morgan fingerprint density at radius 3 is 2.81 bits per heavy atom. The molecular weight excluding hydrogens is 274 g/mol. The summed E-state index contributed by atoms with van der Waals surface area (Å²) in [6.45, 7) is 0.174. The highest BCUT2D eigenvalue weighted by Crippen LogP contribution is 2.24. The van der Waals surface area contributed by atoms with Gasteiger partial charge in [0.2, 0.25) is 5.91 Å². The molecule has 7 nitrogen and oxygen atoms in total. The van der Waals surface area contributed by atoms with Gasteiger partial charge >= 0.3 is 12.0 Å². The summed E-state index contributed by atoms with van der Waals surface area (Å²) >= 11 is 0. The molecule has 3 amide bonds. The monoisotopic (exact) mass is 287 g/mol. The highest BCUT2D eigenvalue weighted by Gasteiger charge is 2.24. The number of imide groups is 1. The van der Waals surface area contributed by atoms with Gasteiger partial charge in [-0.25, -0.2) is 4.79 Å². The van der Waals surface area contributed by atoms with Crippen molar-refractivity contribution in [3.63, 3.8) is 0 Å². The van der Waals surface area contributed by atoms with E-state index < -0.39 is 12.0 Å². The number of fused-ring (bicyclic) bond motifs is 1. The van der Waals surface area contributed by atoms with E-state index in [0.29, 0.717) is 12.2 Å². The maximum absolute atomic E-state index is 11.8. The summed E-state index contributed by atoms with van der Waals surface area (Å²) < 4.78 is 1.61. The van der Waals surface area contributed by atoms with Crippen LogP contribution in [0.15, 0.2) is 30.5 Å². The van der Waals surface area contributed by atoms with Gasteiger partial charge in [-0.05, 0) is 23.6 Å². The average Bonchev–Trinajstić information content (AvgIpc) is 2.80. The van der Waals surface area contributed by atoms with Crippen LogP contribution in [0.2, 0.25) is 0 Å². The van der Waals surface area contributed by atoms with Crippen molar-refractivity contribution in [2.24, 2.45) is 0 Å². The van der Waals surface area contributed by atoms with Gasteiger partial charge in [-0.15, -0.1) is 0 Å². The smallest absolute Gasteiger partial charge is 0.328 e. The van der Waals surface area contributed by atoms with Crippen LogP contribution in [0.3, 0.4) is 0 Å². The lowest BCUT2D eigenvalue weighted by Gasteiger charge is -2.26. The van der Waals surface area contributed by atoms with Gasteiger partial charge in [0.25, 0.3) is 0 Å². The lowest BCUT2D eigenvalue weighted by molar-refractivity contribution is -0.137. The minimum absolute atomic E-state index is 0.141. The first-order valence-electron chi connectivity index (χ1n) is 6.46. The number of hydrogen-bond donors (Lipinski definition) is 2. The highest BCUT2D eigenvalue weighted by molar-refractivity contribution is 6.06. The van der Waals surface area contributed by atoms with E-state index in [0.717, 1.165) is 10.9 Å². The number of benzene rings is 1. The summed E-state index contributed by atoms with van der Waals surface area (Å²) in [5.41, 5.74) is 1.37. The molecule has 0 aliphatic carbocycles. The third kappa shape index (κ3) is 2.45. The standard InChI is InChI=1S/C14H13N3O4/c18-12-4-6-17(14(21)15-12)10-2-1-9-3-5-16(8-13(19)20)11(9)7-10/h1-3,5,7H,4,6,8H2,(H,19,20)(H,15,18,21). The van der Waals surface area contributed by atoms with Crippen LogP contribution in [0, 0.1) is 0 Å². The predicted octanol–water partition coefficient (Wildman–Crippen LogP) is 1.17. The zero-order valence-electron chi connectivity index (χ0n) is 11.1. The number of nitrogens with zero attached hydrogens (tertiary/aromatic N) is 2. The van der Waals surface area contributed by atoms with Crippen molar-refractivity contribution in [3.05, 3.63) is 30.5 Å². The van der Waals surface area contributed by atoms with E-state index in [-0.39, 0.29) is 18.9 Å². The quantitative estimate of drug-likeness (QED) is 0.886. The topological polar surface area (TPSA) is 91.6 Å². The summed E-state index contributed by atoms with van der Waals surface area (Å²) in [6, 6.07) is 6.73. The number of carboxylic acid groups (broad SMARTS) is 1. The second-order valence-electron chi connectivity index (χ2n) is 4.84. The van der Waals surface area contributed by atoms with Crippen LogP contribution in [-0.2, 0) is 16.1 Å². The lowest BCUT2D eigenvalue weighted by Crippen LogP contribution is -2.49. The molecule has 3 rings (SSSR count). The Kier molecular flexibility index (Phi) is 3.09. The normalized spacial score (nSPS) is 15.3. The Morgan fingerprint density at radius 1 is 1.29 bits per heavy atom. The van der Waals surface area contributed by atoms with E-state index in [1.165, 1.54) is 4.90 Å². The Labute approximate surface area is 119 Å². The molecule has 0 spiro atoms. The Hall–Kier alpha value is -2.83. The van der Waals surface area contributed by atoms with Gasteiger partial charge < -0.3 is 9.67 Å². The maximum Gasteiger partial charge on any atom is 0.328 e. The molecule has 1 fully saturated rings. The maximum atomic E-state index is 11.8. The number of hydrogen-bond acceptors (Lipinski definition) is 3. The Morgan fingerprint density at radius 2 is 2.10 bits per heavy atom. The summed E-state index contributed by atoms with van der Waals surface area (Å²) in [5.74, 6) is -1.22. The van der Waals surface area contributed by atoms with E-state index in [4.69, 9.17) is 5.11 Å². The molecule has 0 bridgehead atoms. The molecule has 2 aromatic rings. The van der Waals surface area contributed by atoms with E-state index in [1.54, 1.807) is 22.9 Å². The number of nitrogens with one attached hydrogen (secondary N) is 1. The zero-order valence-corrected chi connectivity index (χ0v) is 11.1. The average molecular weight is 287 g/mol. The first-order valence-corrected chi connectivity index (χ1v) is 6.46. The SMILES string of the molecule is O=C(O)Cn1ccc2ccc(N3CCC(=O)NC3=O)cc21. The van der Waals surface area contributed by atoms with Crippen LogP contribution in [-0.4, -0.2) is 34.1 Å². The molecule has 1 aromatic carbocycles. The molecular formula is C14H13N3O4. The number of aliphatic carboxylic acids is 1. The number of aromatic nitrogens is 1.